The quantitative estimate of drug-likeness (QED) is 0.426. The summed E-state index contributed by atoms with van der Waals surface area (Å²) in [6, 6.07) is 0.918. The van der Waals surface area contributed by atoms with E-state index in [2.05, 4.69) is 0 Å². The number of nitrogens with one attached hydrogen (secondary N) is 1. The summed E-state index contributed by atoms with van der Waals surface area (Å²) < 4.78 is 14.7. The van der Waals surface area contributed by atoms with Crippen LogP contribution >= 0.6 is 0 Å². The van der Waals surface area contributed by atoms with Gasteiger partial charge >= 0.3 is 12.0 Å². The van der Waals surface area contributed by atoms with Crippen molar-refractivity contribution in [2.75, 3.05) is 14.2 Å². The topological polar surface area (TPSA) is 160 Å². The van der Waals surface area contributed by atoms with Crippen molar-refractivity contribution < 1.29 is 33.5 Å². The Balaban J connectivity index is 3.15. The van der Waals surface area contributed by atoms with Gasteiger partial charge in [-0.05, 0) is 6.92 Å². The average molecular weight is 341 g/mol. The normalized spacial score (nSPS) is 11.1. The van der Waals surface area contributed by atoms with E-state index in [-0.39, 0.29) is 11.5 Å². The van der Waals surface area contributed by atoms with Crippen LogP contribution in [0, 0.1) is 10.1 Å². The van der Waals surface area contributed by atoms with Crippen LogP contribution in [0.5, 0.6) is 11.5 Å². The minimum Gasteiger partial charge on any atom is -0.493 e. The molecule has 0 saturated heterocycles. The number of nitro groups is 1. The van der Waals surface area contributed by atoms with Crippen LogP contribution in [0.25, 0.3) is 0 Å². The third-order valence-corrected chi connectivity index (χ3v) is 2.82. The molecular formula is C13H15N3O8. The third-order valence-electron chi connectivity index (χ3n) is 2.82. The molecule has 0 aliphatic rings. The molecule has 0 aliphatic heterocycles. The van der Waals surface area contributed by atoms with E-state index in [1.165, 1.54) is 21.1 Å². The summed E-state index contributed by atoms with van der Waals surface area (Å²) in [5, 5.41) is 12.8. The SMILES string of the molecule is COc1cc(C(=O)O[C@@H](C)C(=O)NC(N)=O)c([N+](=O)[O-])cc1OC. The van der Waals surface area contributed by atoms with Gasteiger partial charge < -0.3 is 19.9 Å². The van der Waals surface area contributed by atoms with E-state index in [1.54, 1.807) is 5.32 Å². The number of methoxy groups -OCH3 is 2. The number of esters is 1. The molecule has 0 radical (unpaired) electrons. The second-order valence-electron chi connectivity index (χ2n) is 4.38. The number of hydrogen-bond acceptors (Lipinski definition) is 8. The Morgan fingerprint density at radius 1 is 1.21 bits per heavy atom. The molecule has 0 aromatic heterocycles. The number of nitro benzene ring substituents is 1. The molecule has 0 spiro atoms. The number of imide groups is 1. The molecule has 130 valence electrons. The van der Waals surface area contributed by atoms with E-state index < -0.39 is 40.2 Å². The minimum absolute atomic E-state index is 0.0419. The molecule has 0 bridgehead atoms. The van der Waals surface area contributed by atoms with E-state index in [9.17, 15) is 24.5 Å². The number of benzene rings is 1. The zero-order chi connectivity index (χ0) is 18.4. The van der Waals surface area contributed by atoms with Gasteiger partial charge in [0.15, 0.2) is 17.6 Å². The van der Waals surface area contributed by atoms with Crippen LogP contribution in [0.4, 0.5) is 10.5 Å². The molecule has 1 aromatic carbocycles. The highest BCUT2D eigenvalue weighted by atomic mass is 16.6. The number of hydrogen-bond donors (Lipinski definition) is 2. The molecule has 0 aliphatic carbocycles. The summed E-state index contributed by atoms with van der Waals surface area (Å²) in [4.78, 5) is 44.5. The van der Waals surface area contributed by atoms with Gasteiger partial charge in [0.25, 0.3) is 11.6 Å². The van der Waals surface area contributed by atoms with Gasteiger partial charge in [-0.15, -0.1) is 0 Å². The largest absolute Gasteiger partial charge is 0.493 e. The molecule has 3 N–H and O–H groups in total. The molecule has 1 atom stereocenters. The number of urea groups is 1. The Bertz CT molecular complexity index is 688. The highest BCUT2D eigenvalue weighted by molar-refractivity contribution is 5.99. The van der Waals surface area contributed by atoms with Crippen molar-refractivity contribution >= 4 is 23.6 Å². The van der Waals surface area contributed by atoms with Crippen LogP contribution < -0.4 is 20.5 Å². The molecule has 3 amide bonds. The first-order valence-corrected chi connectivity index (χ1v) is 6.43. The minimum atomic E-state index is -1.40. The molecule has 0 fully saturated rings. The maximum atomic E-state index is 12.1. The lowest BCUT2D eigenvalue weighted by Gasteiger charge is -2.13. The maximum Gasteiger partial charge on any atom is 0.346 e. The molecule has 1 rings (SSSR count). The first kappa shape index (κ1) is 18.7. The molecular weight excluding hydrogens is 326 g/mol. The molecule has 24 heavy (non-hydrogen) atoms. The van der Waals surface area contributed by atoms with Gasteiger partial charge in [0.1, 0.15) is 5.56 Å². The predicted molar refractivity (Wildman–Crippen MR) is 78.8 cm³/mol. The van der Waals surface area contributed by atoms with Gasteiger partial charge in [0.05, 0.1) is 25.2 Å². The number of rotatable bonds is 6. The maximum absolute atomic E-state index is 12.1. The van der Waals surface area contributed by atoms with Crippen LogP contribution in [0.1, 0.15) is 17.3 Å². The fraction of sp³-hybridized carbons (Fsp3) is 0.308. The van der Waals surface area contributed by atoms with Crippen LogP contribution in [-0.4, -0.2) is 43.2 Å². The first-order valence-electron chi connectivity index (χ1n) is 6.43. The summed E-state index contributed by atoms with van der Waals surface area (Å²) >= 11 is 0. The summed E-state index contributed by atoms with van der Waals surface area (Å²) in [5.41, 5.74) is 3.73. The summed E-state index contributed by atoms with van der Waals surface area (Å²) in [5.74, 6) is -2.03. The monoisotopic (exact) mass is 341 g/mol. The highest BCUT2D eigenvalue weighted by Crippen LogP contribution is 2.34. The van der Waals surface area contributed by atoms with Crippen LogP contribution in [0.2, 0.25) is 0 Å². The number of nitrogens with two attached hydrogens (primary N) is 1. The number of carbonyl (C=O) groups excluding carboxylic acids is 3. The number of primary amides is 1. The summed E-state index contributed by atoms with van der Waals surface area (Å²) in [6.07, 6.45) is -1.40. The Labute approximate surface area is 135 Å². The van der Waals surface area contributed by atoms with Crippen LogP contribution in [-0.2, 0) is 9.53 Å². The smallest absolute Gasteiger partial charge is 0.346 e. The lowest BCUT2D eigenvalue weighted by molar-refractivity contribution is -0.385. The molecule has 0 unspecified atom stereocenters. The van der Waals surface area contributed by atoms with Gasteiger partial charge in [0, 0.05) is 6.07 Å². The number of nitrogens with zero attached hydrogens (tertiary/aromatic N) is 1. The van der Waals surface area contributed by atoms with E-state index in [1.807, 2.05) is 0 Å². The third kappa shape index (κ3) is 4.32. The van der Waals surface area contributed by atoms with Crippen molar-refractivity contribution in [1.29, 1.82) is 0 Å². The van der Waals surface area contributed by atoms with Crippen LogP contribution in [0.3, 0.4) is 0 Å². The van der Waals surface area contributed by atoms with Gasteiger partial charge in [0.2, 0.25) is 0 Å². The van der Waals surface area contributed by atoms with Gasteiger partial charge in [-0.25, -0.2) is 9.59 Å². The second kappa shape index (κ2) is 7.76. The zero-order valence-corrected chi connectivity index (χ0v) is 13.0. The number of ether oxygens (including phenoxy) is 3. The van der Waals surface area contributed by atoms with E-state index in [0.29, 0.717) is 0 Å². The molecule has 11 nitrogen and oxygen atoms in total. The Hall–Kier alpha value is -3.37. The number of carbonyl (C=O) groups is 3. The van der Waals surface area contributed by atoms with E-state index >= 15 is 0 Å². The zero-order valence-electron chi connectivity index (χ0n) is 13.0. The molecule has 1 aromatic rings. The molecule has 0 saturated carbocycles. The van der Waals surface area contributed by atoms with Gasteiger partial charge in [-0.2, -0.15) is 0 Å². The van der Waals surface area contributed by atoms with Crippen molar-refractivity contribution in [1.82, 2.24) is 5.32 Å². The standard InChI is InChI=1S/C13H15N3O8/c1-6(11(17)15-13(14)19)24-12(18)7-4-9(22-2)10(23-3)5-8(7)16(20)21/h4-6H,1-3H3,(H3,14,15,17,19)/t6-/m0/s1. The van der Waals surface area contributed by atoms with Crippen molar-refractivity contribution in [3.63, 3.8) is 0 Å². The lowest BCUT2D eigenvalue weighted by atomic mass is 10.1. The Morgan fingerprint density at radius 2 is 1.75 bits per heavy atom. The van der Waals surface area contributed by atoms with Gasteiger partial charge in [-0.1, -0.05) is 0 Å². The fourth-order valence-corrected chi connectivity index (χ4v) is 1.68. The van der Waals surface area contributed by atoms with Gasteiger partial charge in [-0.3, -0.25) is 20.2 Å². The number of amides is 3. The van der Waals surface area contributed by atoms with Crippen molar-refractivity contribution in [2.24, 2.45) is 5.73 Å². The second-order valence-corrected chi connectivity index (χ2v) is 4.38. The van der Waals surface area contributed by atoms with Crippen molar-refractivity contribution in [2.45, 2.75) is 13.0 Å². The summed E-state index contributed by atoms with van der Waals surface area (Å²) in [6.45, 7) is 1.17. The summed E-state index contributed by atoms with van der Waals surface area (Å²) in [7, 11) is 2.55. The Kier molecular flexibility index (Phi) is 6.04. The predicted octanol–water partition coefficient (Wildman–Crippen LogP) is 0.352. The van der Waals surface area contributed by atoms with E-state index in [4.69, 9.17) is 19.9 Å². The van der Waals surface area contributed by atoms with Crippen molar-refractivity contribution in [3.8, 4) is 11.5 Å². The lowest BCUT2D eigenvalue weighted by Crippen LogP contribution is -2.42. The Morgan fingerprint density at radius 3 is 2.21 bits per heavy atom. The average Bonchev–Trinajstić information content (AvgIpc) is 2.52. The highest BCUT2D eigenvalue weighted by Gasteiger charge is 2.28. The van der Waals surface area contributed by atoms with E-state index in [0.717, 1.165) is 12.1 Å². The molecule has 0 heterocycles. The molecule has 11 heteroatoms. The fourth-order valence-electron chi connectivity index (χ4n) is 1.68. The first-order chi connectivity index (χ1) is 11.2. The van der Waals surface area contributed by atoms with Crippen LogP contribution in [0.15, 0.2) is 12.1 Å². The van der Waals surface area contributed by atoms with Crippen molar-refractivity contribution in [3.05, 3.63) is 27.8 Å².